The number of aryl methyl sites for hydroxylation is 2. The number of rotatable bonds is 7. The Morgan fingerprint density at radius 2 is 2.20 bits per heavy atom. The zero-order valence-electron chi connectivity index (χ0n) is 11.7. The van der Waals surface area contributed by atoms with Crippen LogP contribution in [0.5, 0.6) is 0 Å². The fraction of sp³-hybridized carbons (Fsp3) is 0.538. The highest BCUT2D eigenvalue weighted by Crippen LogP contribution is 2.21. The van der Waals surface area contributed by atoms with E-state index in [0.29, 0.717) is 15.7 Å². The minimum absolute atomic E-state index is 0.176. The van der Waals surface area contributed by atoms with Crippen LogP contribution in [0.4, 0.5) is 5.13 Å². The van der Waals surface area contributed by atoms with Gasteiger partial charge in [-0.05, 0) is 31.3 Å². The van der Waals surface area contributed by atoms with Gasteiger partial charge in [0.2, 0.25) is 0 Å². The molecule has 1 N–H and O–H groups in total. The molecule has 0 radical (unpaired) electrons. The first-order valence-electron chi connectivity index (χ1n) is 6.75. The maximum Gasteiger partial charge on any atom is 0.271 e. The lowest BCUT2D eigenvalue weighted by atomic mass is 10.1. The summed E-state index contributed by atoms with van der Waals surface area (Å²) in [7, 11) is 0. The first kappa shape index (κ1) is 15.1. The molecule has 1 amide bonds. The third-order valence-corrected chi connectivity index (χ3v) is 4.71. The lowest BCUT2D eigenvalue weighted by molar-refractivity contribution is 0.103. The van der Waals surface area contributed by atoms with Crippen molar-refractivity contribution in [2.24, 2.45) is 0 Å². The van der Waals surface area contributed by atoms with Gasteiger partial charge in [0.25, 0.3) is 5.91 Å². The van der Waals surface area contributed by atoms with Gasteiger partial charge in [0, 0.05) is 11.1 Å². The number of nitrogens with zero attached hydrogens (tertiary/aromatic N) is 3. The largest absolute Gasteiger partial charge is 0.297 e. The van der Waals surface area contributed by atoms with E-state index in [2.05, 4.69) is 26.8 Å². The maximum absolute atomic E-state index is 12.0. The number of unbranched alkanes of at least 4 members (excludes halogenated alkanes) is 3. The second kappa shape index (κ2) is 7.44. The lowest BCUT2D eigenvalue weighted by Crippen LogP contribution is -2.11. The van der Waals surface area contributed by atoms with Gasteiger partial charge in [0.1, 0.15) is 4.88 Å². The molecule has 0 aliphatic heterocycles. The van der Waals surface area contributed by atoms with Crippen LogP contribution in [0.1, 0.15) is 52.8 Å². The summed E-state index contributed by atoms with van der Waals surface area (Å²) >= 11 is 2.65. The fourth-order valence-electron chi connectivity index (χ4n) is 1.80. The summed E-state index contributed by atoms with van der Waals surface area (Å²) in [6, 6.07) is 0. The van der Waals surface area contributed by atoms with Gasteiger partial charge < -0.3 is 0 Å². The molecule has 5 nitrogen and oxygen atoms in total. The average molecular weight is 310 g/mol. The Morgan fingerprint density at radius 3 is 2.90 bits per heavy atom. The Kier molecular flexibility index (Phi) is 5.60. The van der Waals surface area contributed by atoms with Crippen molar-refractivity contribution < 1.29 is 4.79 Å². The Bertz CT molecular complexity index is 564. The van der Waals surface area contributed by atoms with Crippen LogP contribution in [0, 0.1) is 6.92 Å². The predicted octanol–water partition coefficient (Wildman–Crippen LogP) is 3.68. The number of thiazole rings is 1. The van der Waals surface area contributed by atoms with Crippen molar-refractivity contribution in [2.45, 2.75) is 46.0 Å². The van der Waals surface area contributed by atoms with Gasteiger partial charge in [-0.25, -0.2) is 4.98 Å². The highest BCUT2D eigenvalue weighted by Gasteiger charge is 2.14. The zero-order valence-corrected chi connectivity index (χ0v) is 13.3. The van der Waals surface area contributed by atoms with Crippen molar-refractivity contribution in [1.82, 2.24) is 14.6 Å². The average Bonchev–Trinajstić information content (AvgIpc) is 3.04. The van der Waals surface area contributed by atoms with Crippen molar-refractivity contribution in [1.29, 1.82) is 0 Å². The molecular formula is C13H18N4OS2. The van der Waals surface area contributed by atoms with E-state index >= 15 is 0 Å². The molecule has 0 saturated carbocycles. The van der Waals surface area contributed by atoms with Crippen LogP contribution in [0.25, 0.3) is 0 Å². The second-order valence-electron chi connectivity index (χ2n) is 4.58. The summed E-state index contributed by atoms with van der Waals surface area (Å²) < 4.78 is 3.76. The molecule has 0 saturated heterocycles. The van der Waals surface area contributed by atoms with Crippen molar-refractivity contribution in [3.63, 3.8) is 0 Å². The third kappa shape index (κ3) is 4.08. The molecule has 108 valence electrons. The number of hydrogen-bond acceptors (Lipinski definition) is 6. The van der Waals surface area contributed by atoms with E-state index in [0.717, 1.165) is 18.0 Å². The van der Waals surface area contributed by atoms with Crippen molar-refractivity contribution >= 4 is 33.9 Å². The molecule has 0 spiro atoms. The van der Waals surface area contributed by atoms with Crippen LogP contribution in [-0.2, 0) is 6.42 Å². The van der Waals surface area contributed by atoms with Gasteiger partial charge in [-0.15, -0.1) is 16.4 Å². The number of hydrogen-bond donors (Lipinski definition) is 1. The molecule has 0 fully saturated rings. The molecular weight excluding hydrogens is 292 g/mol. The van der Waals surface area contributed by atoms with E-state index in [9.17, 15) is 4.79 Å². The number of nitrogens with one attached hydrogen (secondary N) is 1. The quantitative estimate of drug-likeness (QED) is 0.792. The normalized spacial score (nSPS) is 10.7. The molecule has 2 aromatic heterocycles. The number of carbonyl (C=O) groups is 1. The lowest BCUT2D eigenvalue weighted by Gasteiger charge is -1.98. The van der Waals surface area contributed by atoms with Crippen LogP contribution in [0.3, 0.4) is 0 Å². The summed E-state index contributed by atoms with van der Waals surface area (Å²) in [6.07, 6.45) is 7.84. The van der Waals surface area contributed by atoms with Crippen molar-refractivity contribution in [2.75, 3.05) is 5.32 Å². The summed E-state index contributed by atoms with van der Waals surface area (Å²) in [5, 5.41) is 7.29. The minimum Gasteiger partial charge on any atom is -0.297 e. The van der Waals surface area contributed by atoms with Gasteiger partial charge in [-0.2, -0.15) is 0 Å². The van der Waals surface area contributed by atoms with E-state index in [1.54, 1.807) is 18.3 Å². The molecule has 0 aliphatic carbocycles. The standard InChI is InChI=1S/C13H18N4OS2/c1-3-4-5-6-7-10-8-14-13(19-10)15-12(18)11-9(2)16-17-20-11/h8H,3-7H2,1-2H3,(H,14,15,18). The Labute approximate surface area is 126 Å². The SMILES string of the molecule is CCCCCCc1cnc(NC(=O)c2snnc2C)s1. The Morgan fingerprint density at radius 1 is 1.35 bits per heavy atom. The molecule has 2 aromatic rings. The third-order valence-electron chi connectivity index (χ3n) is 2.91. The molecule has 2 heterocycles. The highest BCUT2D eigenvalue weighted by molar-refractivity contribution is 7.15. The molecule has 2 rings (SSSR count). The second-order valence-corrected chi connectivity index (χ2v) is 6.45. The smallest absolute Gasteiger partial charge is 0.271 e. The van der Waals surface area contributed by atoms with Gasteiger partial charge in [0.15, 0.2) is 5.13 Å². The van der Waals surface area contributed by atoms with Crippen LogP contribution < -0.4 is 5.32 Å². The zero-order chi connectivity index (χ0) is 14.4. The van der Waals surface area contributed by atoms with Crippen molar-refractivity contribution in [3.05, 3.63) is 21.6 Å². The van der Waals surface area contributed by atoms with Gasteiger partial charge in [0.05, 0.1) is 5.69 Å². The van der Waals surface area contributed by atoms with Crippen LogP contribution in [-0.4, -0.2) is 20.5 Å². The predicted molar refractivity (Wildman–Crippen MR) is 82.6 cm³/mol. The van der Waals surface area contributed by atoms with E-state index in [1.807, 2.05) is 6.20 Å². The molecule has 0 aliphatic rings. The molecule has 7 heteroatoms. The summed E-state index contributed by atoms with van der Waals surface area (Å²) in [5.41, 5.74) is 0.656. The molecule has 20 heavy (non-hydrogen) atoms. The fourth-order valence-corrected chi connectivity index (χ4v) is 3.20. The molecule has 0 unspecified atom stereocenters. The van der Waals surface area contributed by atoms with Crippen molar-refractivity contribution in [3.8, 4) is 0 Å². The number of aromatic nitrogens is 3. The van der Waals surface area contributed by atoms with Gasteiger partial charge in [-0.3, -0.25) is 10.1 Å². The van der Waals surface area contributed by atoms with Crippen LogP contribution in [0.2, 0.25) is 0 Å². The molecule has 0 atom stereocenters. The maximum atomic E-state index is 12.0. The van der Waals surface area contributed by atoms with Gasteiger partial charge in [-0.1, -0.05) is 30.7 Å². The topological polar surface area (TPSA) is 67.8 Å². The molecule has 0 bridgehead atoms. The Balaban J connectivity index is 1.86. The van der Waals surface area contributed by atoms with E-state index in [4.69, 9.17) is 0 Å². The number of amides is 1. The van der Waals surface area contributed by atoms with E-state index < -0.39 is 0 Å². The number of anilines is 1. The Hall–Kier alpha value is -1.34. The van der Waals surface area contributed by atoms with Gasteiger partial charge >= 0.3 is 0 Å². The highest BCUT2D eigenvalue weighted by atomic mass is 32.1. The minimum atomic E-state index is -0.176. The first-order chi connectivity index (χ1) is 9.70. The monoisotopic (exact) mass is 310 g/mol. The van der Waals surface area contributed by atoms with E-state index in [1.165, 1.54) is 30.6 Å². The summed E-state index contributed by atoms with van der Waals surface area (Å²) in [6.45, 7) is 3.98. The summed E-state index contributed by atoms with van der Waals surface area (Å²) in [5.74, 6) is -0.176. The molecule has 0 aromatic carbocycles. The van der Waals surface area contributed by atoms with Crippen LogP contribution in [0.15, 0.2) is 6.20 Å². The van der Waals surface area contributed by atoms with Crippen LogP contribution >= 0.6 is 22.9 Å². The summed E-state index contributed by atoms with van der Waals surface area (Å²) in [4.78, 5) is 18.0. The first-order valence-corrected chi connectivity index (χ1v) is 8.34. The van der Waals surface area contributed by atoms with E-state index in [-0.39, 0.29) is 5.91 Å². The number of carbonyl (C=O) groups excluding carboxylic acids is 1.